The first kappa shape index (κ1) is 12.8. The molecule has 2 aromatic carbocycles. The van der Waals surface area contributed by atoms with Gasteiger partial charge in [-0.25, -0.2) is 9.07 Å². The third-order valence-corrected chi connectivity index (χ3v) is 3.75. The minimum atomic E-state index is -0.843. The highest BCUT2D eigenvalue weighted by molar-refractivity contribution is 5.74. The van der Waals surface area contributed by atoms with Crippen LogP contribution in [-0.4, -0.2) is 21.7 Å². The van der Waals surface area contributed by atoms with Gasteiger partial charge in [-0.15, -0.1) is 5.10 Å². The van der Waals surface area contributed by atoms with E-state index in [1.807, 2.05) is 62.4 Å². The number of alkyl halides is 1. The molecule has 0 saturated carbocycles. The van der Waals surface area contributed by atoms with Gasteiger partial charge in [-0.05, 0) is 31.5 Å². The number of fused-ring (bicyclic) bond motifs is 1. The Morgan fingerprint density at radius 3 is 2.50 bits per heavy atom. The first-order valence-electron chi connectivity index (χ1n) is 6.59. The number of aryl methyl sites for hydroxylation is 1. The number of nitrogens with zero attached hydrogens (tertiary/aromatic N) is 3. The molecule has 3 nitrogen and oxygen atoms in total. The average molecular weight is 269 g/mol. The molecule has 0 saturated heterocycles. The summed E-state index contributed by atoms with van der Waals surface area (Å²) in [7, 11) is 0. The molecule has 20 heavy (non-hydrogen) atoms. The molecular formula is C16H16FN3. The fourth-order valence-corrected chi connectivity index (χ4v) is 2.40. The molecule has 0 N–H and O–H groups in total. The summed E-state index contributed by atoms with van der Waals surface area (Å²) in [5.74, 6) is 0. The van der Waals surface area contributed by atoms with Crippen LogP contribution < -0.4 is 0 Å². The van der Waals surface area contributed by atoms with Crippen molar-refractivity contribution in [2.75, 3.05) is 6.67 Å². The number of hydrogen-bond acceptors (Lipinski definition) is 2. The highest BCUT2D eigenvalue weighted by atomic mass is 19.1. The van der Waals surface area contributed by atoms with E-state index in [1.165, 1.54) is 0 Å². The van der Waals surface area contributed by atoms with Gasteiger partial charge < -0.3 is 0 Å². The van der Waals surface area contributed by atoms with Crippen LogP contribution in [0.3, 0.4) is 0 Å². The number of hydrogen-bond donors (Lipinski definition) is 0. The van der Waals surface area contributed by atoms with Crippen molar-refractivity contribution in [3.63, 3.8) is 0 Å². The van der Waals surface area contributed by atoms with Crippen molar-refractivity contribution in [1.29, 1.82) is 0 Å². The molecule has 0 amide bonds. The van der Waals surface area contributed by atoms with Crippen LogP contribution in [0.15, 0.2) is 48.5 Å². The largest absolute Gasteiger partial charge is 0.248 e. The lowest BCUT2D eigenvalue weighted by Crippen LogP contribution is -2.35. The van der Waals surface area contributed by atoms with Crippen LogP contribution in [0.5, 0.6) is 0 Å². The van der Waals surface area contributed by atoms with Gasteiger partial charge in [-0.1, -0.05) is 47.2 Å². The Kier molecular flexibility index (Phi) is 3.01. The first-order chi connectivity index (χ1) is 9.65. The Labute approximate surface area is 117 Å². The van der Waals surface area contributed by atoms with Crippen molar-refractivity contribution >= 4 is 11.0 Å². The molecule has 1 aromatic heterocycles. The Hall–Kier alpha value is -2.23. The van der Waals surface area contributed by atoms with E-state index in [0.29, 0.717) is 0 Å². The summed E-state index contributed by atoms with van der Waals surface area (Å²) in [5, 5.41) is 8.29. The van der Waals surface area contributed by atoms with Crippen molar-refractivity contribution < 1.29 is 4.39 Å². The SMILES string of the molecule is Cc1ccc(C(C)(CF)n2nnc3ccccc32)cc1. The molecule has 4 heteroatoms. The molecule has 102 valence electrons. The van der Waals surface area contributed by atoms with E-state index in [-0.39, 0.29) is 0 Å². The van der Waals surface area contributed by atoms with Gasteiger partial charge in [0.15, 0.2) is 0 Å². The van der Waals surface area contributed by atoms with Crippen LogP contribution in [0.25, 0.3) is 11.0 Å². The zero-order valence-electron chi connectivity index (χ0n) is 11.5. The second kappa shape index (κ2) is 4.71. The fourth-order valence-electron chi connectivity index (χ4n) is 2.40. The fraction of sp³-hybridized carbons (Fsp3) is 0.250. The quantitative estimate of drug-likeness (QED) is 0.729. The van der Waals surface area contributed by atoms with Gasteiger partial charge in [0.2, 0.25) is 0 Å². The predicted molar refractivity (Wildman–Crippen MR) is 77.4 cm³/mol. The van der Waals surface area contributed by atoms with Gasteiger partial charge in [0, 0.05) is 0 Å². The van der Waals surface area contributed by atoms with E-state index >= 15 is 0 Å². The summed E-state index contributed by atoms with van der Waals surface area (Å²) in [6.07, 6.45) is 0. The predicted octanol–water partition coefficient (Wildman–Crippen LogP) is 3.47. The highest BCUT2D eigenvalue weighted by Gasteiger charge is 2.31. The van der Waals surface area contributed by atoms with Gasteiger partial charge in [-0.2, -0.15) is 0 Å². The molecule has 3 rings (SSSR count). The van der Waals surface area contributed by atoms with Gasteiger partial charge in [0.1, 0.15) is 17.7 Å². The Balaban J connectivity index is 2.19. The van der Waals surface area contributed by atoms with E-state index in [4.69, 9.17) is 0 Å². The number of para-hydroxylation sites is 1. The molecule has 0 aliphatic carbocycles. The Morgan fingerprint density at radius 1 is 1.10 bits per heavy atom. The Morgan fingerprint density at radius 2 is 1.80 bits per heavy atom. The standard InChI is InChI=1S/C16H16FN3/c1-12-7-9-13(10-8-12)16(2,11-17)20-15-6-4-3-5-14(15)18-19-20/h3-10H,11H2,1-2H3. The normalized spacial score (nSPS) is 14.3. The van der Waals surface area contributed by atoms with E-state index in [1.54, 1.807) is 4.68 Å². The zero-order chi connectivity index (χ0) is 14.2. The maximum atomic E-state index is 13.8. The molecule has 0 spiro atoms. The molecule has 3 aromatic rings. The van der Waals surface area contributed by atoms with Gasteiger partial charge in [0.05, 0.1) is 5.52 Å². The highest BCUT2D eigenvalue weighted by Crippen LogP contribution is 2.29. The van der Waals surface area contributed by atoms with Crippen molar-refractivity contribution in [1.82, 2.24) is 15.0 Å². The number of halogens is 1. The molecule has 0 fully saturated rings. The second-order valence-electron chi connectivity index (χ2n) is 5.26. The first-order valence-corrected chi connectivity index (χ1v) is 6.59. The lowest BCUT2D eigenvalue weighted by atomic mass is 9.92. The number of benzene rings is 2. The summed E-state index contributed by atoms with van der Waals surface area (Å²) in [5.41, 5.74) is 2.82. The lowest BCUT2D eigenvalue weighted by molar-refractivity contribution is 0.264. The third kappa shape index (κ3) is 1.88. The summed E-state index contributed by atoms with van der Waals surface area (Å²) < 4.78 is 15.5. The minimum Gasteiger partial charge on any atom is -0.248 e. The van der Waals surface area contributed by atoms with Crippen LogP contribution in [0.4, 0.5) is 4.39 Å². The third-order valence-electron chi connectivity index (χ3n) is 3.75. The minimum absolute atomic E-state index is 0.538. The lowest BCUT2D eigenvalue weighted by Gasteiger charge is -2.27. The molecule has 0 radical (unpaired) electrons. The monoisotopic (exact) mass is 269 g/mol. The molecule has 0 bridgehead atoms. The average Bonchev–Trinajstić information content (AvgIpc) is 2.91. The summed E-state index contributed by atoms with van der Waals surface area (Å²) in [6.45, 7) is 3.32. The smallest absolute Gasteiger partial charge is 0.119 e. The maximum Gasteiger partial charge on any atom is 0.119 e. The van der Waals surface area contributed by atoms with Crippen molar-refractivity contribution in [3.05, 3.63) is 59.7 Å². The van der Waals surface area contributed by atoms with E-state index in [9.17, 15) is 4.39 Å². The summed E-state index contributed by atoms with van der Waals surface area (Å²) in [6, 6.07) is 15.5. The zero-order valence-corrected chi connectivity index (χ0v) is 11.5. The molecule has 0 aliphatic rings. The van der Waals surface area contributed by atoms with Crippen LogP contribution >= 0.6 is 0 Å². The number of aromatic nitrogens is 3. The van der Waals surface area contributed by atoms with E-state index in [2.05, 4.69) is 10.3 Å². The molecule has 1 heterocycles. The topological polar surface area (TPSA) is 30.7 Å². The van der Waals surface area contributed by atoms with Crippen molar-refractivity contribution in [2.24, 2.45) is 0 Å². The van der Waals surface area contributed by atoms with Crippen LogP contribution in [0.2, 0.25) is 0 Å². The molecular weight excluding hydrogens is 253 g/mol. The van der Waals surface area contributed by atoms with Gasteiger partial charge in [-0.3, -0.25) is 0 Å². The van der Waals surface area contributed by atoms with Crippen molar-refractivity contribution in [2.45, 2.75) is 19.4 Å². The second-order valence-corrected chi connectivity index (χ2v) is 5.26. The number of rotatable bonds is 3. The van der Waals surface area contributed by atoms with Crippen LogP contribution in [-0.2, 0) is 5.54 Å². The van der Waals surface area contributed by atoms with E-state index < -0.39 is 12.2 Å². The van der Waals surface area contributed by atoms with E-state index in [0.717, 1.165) is 22.2 Å². The van der Waals surface area contributed by atoms with Gasteiger partial charge in [0.25, 0.3) is 0 Å². The maximum absolute atomic E-state index is 13.8. The molecule has 1 atom stereocenters. The molecule has 1 unspecified atom stereocenters. The van der Waals surface area contributed by atoms with Gasteiger partial charge >= 0.3 is 0 Å². The van der Waals surface area contributed by atoms with Crippen molar-refractivity contribution in [3.8, 4) is 0 Å². The van der Waals surface area contributed by atoms with Crippen LogP contribution in [0, 0.1) is 6.92 Å². The summed E-state index contributed by atoms with van der Waals surface area (Å²) >= 11 is 0. The summed E-state index contributed by atoms with van der Waals surface area (Å²) in [4.78, 5) is 0. The Bertz CT molecular complexity index is 733. The molecule has 0 aliphatic heterocycles. The van der Waals surface area contributed by atoms with Crippen LogP contribution in [0.1, 0.15) is 18.1 Å².